The summed E-state index contributed by atoms with van der Waals surface area (Å²) < 4.78 is 41.3. The highest BCUT2D eigenvalue weighted by molar-refractivity contribution is 5.72. The van der Waals surface area contributed by atoms with Crippen LogP contribution in [0.15, 0.2) is 48.5 Å². The minimum atomic E-state index is -0.648. The molecule has 49 heavy (non-hydrogen) atoms. The zero-order valence-electron chi connectivity index (χ0n) is 29.5. The summed E-state index contributed by atoms with van der Waals surface area (Å²) in [5.74, 6) is -0.450. The highest BCUT2D eigenvalue weighted by Gasteiger charge is 2.40. The monoisotopic (exact) mass is 676 g/mol. The van der Waals surface area contributed by atoms with Crippen molar-refractivity contribution in [1.29, 1.82) is 0 Å². The SMILES string of the molecule is CCCN(Cc1nc(-c2ccc(-c3ccc(-c4nc(C5CCC(C)N5C(=O)OC(C)(C)C)[nH]c4F)cc3)cc2)c(F)[nH]1)C(=O)OC(C)(C)C. The number of carbonyl (C=O) groups is 2. The number of H-pyrrole nitrogens is 2. The number of hydrogen-bond acceptors (Lipinski definition) is 6. The lowest BCUT2D eigenvalue weighted by molar-refractivity contribution is 0.0150. The van der Waals surface area contributed by atoms with Crippen molar-refractivity contribution in [2.24, 2.45) is 0 Å². The molecule has 1 aliphatic rings. The molecule has 2 amide bonds. The van der Waals surface area contributed by atoms with Crippen LogP contribution < -0.4 is 0 Å². The number of nitrogens with one attached hydrogen (secondary N) is 2. The summed E-state index contributed by atoms with van der Waals surface area (Å²) in [5.41, 5.74) is 1.95. The average Bonchev–Trinajstić information content (AvgIpc) is 3.71. The van der Waals surface area contributed by atoms with Crippen LogP contribution in [0.2, 0.25) is 0 Å². The number of ether oxygens (including phenoxy) is 2. The first-order valence-corrected chi connectivity index (χ1v) is 16.7. The van der Waals surface area contributed by atoms with Gasteiger partial charge in [0, 0.05) is 23.7 Å². The van der Waals surface area contributed by atoms with Crippen molar-refractivity contribution in [1.82, 2.24) is 29.7 Å². The number of aromatic nitrogens is 4. The first-order valence-electron chi connectivity index (χ1n) is 16.7. The number of hydrogen-bond donors (Lipinski definition) is 2. The maximum atomic E-state index is 15.2. The number of imidazole rings is 2. The van der Waals surface area contributed by atoms with Gasteiger partial charge in [0.1, 0.15) is 34.2 Å². The molecule has 2 N–H and O–H groups in total. The van der Waals surface area contributed by atoms with Gasteiger partial charge < -0.3 is 24.3 Å². The molecule has 2 aromatic carbocycles. The van der Waals surface area contributed by atoms with E-state index >= 15 is 4.39 Å². The van der Waals surface area contributed by atoms with E-state index in [-0.39, 0.29) is 24.0 Å². The summed E-state index contributed by atoms with van der Waals surface area (Å²) in [4.78, 5) is 43.2. The highest BCUT2D eigenvalue weighted by atomic mass is 19.1. The van der Waals surface area contributed by atoms with Gasteiger partial charge in [-0.3, -0.25) is 4.90 Å². The van der Waals surface area contributed by atoms with Crippen LogP contribution in [-0.4, -0.2) is 65.7 Å². The molecular formula is C37H46F2N6O4. The molecule has 0 spiro atoms. The van der Waals surface area contributed by atoms with E-state index in [0.717, 1.165) is 17.5 Å². The van der Waals surface area contributed by atoms with Crippen LogP contribution in [0.25, 0.3) is 33.6 Å². The lowest BCUT2D eigenvalue weighted by Crippen LogP contribution is -2.40. The van der Waals surface area contributed by atoms with E-state index in [1.54, 1.807) is 49.9 Å². The van der Waals surface area contributed by atoms with Gasteiger partial charge in [-0.2, -0.15) is 8.78 Å². The van der Waals surface area contributed by atoms with E-state index in [1.807, 2.05) is 58.9 Å². The van der Waals surface area contributed by atoms with Crippen molar-refractivity contribution in [3.8, 4) is 33.6 Å². The molecule has 262 valence electrons. The predicted molar refractivity (Wildman–Crippen MR) is 183 cm³/mol. The summed E-state index contributed by atoms with van der Waals surface area (Å²) in [6.07, 6.45) is 1.20. The Morgan fingerprint density at radius 3 is 1.86 bits per heavy atom. The third-order valence-corrected chi connectivity index (χ3v) is 8.11. The Morgan fingerprint density at radius 1 is 0.816 bits per heavy atom. The Bertz CT molecular complexity index is 1770. The standard InChI is InChI=1S/C37H46F2N6O4/c1-9-20-44(34(46)48-36(3,4)5)21-28-40-29(31(38)41-28)25-15-11-23(12-16-25)24-13-17-26(18-14-24)30-32(39)43-33(42-30)27-19-10-22(2)45(27)35(47)49-37(6,7)8/h11-18,22,27H,9-10,19-21H2,1-8H3,(H,40,41)(H,42,43). The van der Waals surface area contributed by atoms with Crippen molar-refractivity contribution >= 4 is 12.2 Å². The van der Waals surface area contributed by atoms with E-state index in [1.165, 1.54) is 4.90 Å². The lowest BCUT2D eigenvalue weighted by Gasteiger charge is -2.30. The fourth-order valence-electron chi connectivity index (χ4n) is 5.91. The second-order valence-corrected chi connectivity index (χ2v) is 14.5. The molecule has 12 heteroatoms. The zero-order valence-corrected chi connectivity index (χ0v) is 29.5. The minimum absolute atomic E-state index is 0.0611. The van der Waals surface area contributed by atoms with Gasteiger partial charge in [0.2, 0.25) is 11.9 Å². The van der Waals surface area contributed by atoms with Crippen LogP contribution in [0.1, 0.15) is 92.3 Å². The van der Waals surface area contributed by atoms with Gasteiger partial charge in [-0.25, -0.2) is 19.6 Å². The third-order valence-electron chi connectivity index (χ3n) is 8.11. The molecule has 1 fully saturated rings. The molecule has 1 aliphatic heterocycles. The topological polar surface area (TPSA) is 116 Å². The van der Waals surface area contributed by atoms with Gasteiger partial charge in [-0.05, 0) is 78.9 Å². The number of benzene rings is 2. The van der Waals surface area contributed by atoms with E-state index in [4.69, 9.17) is 9.47 Å². The van der Waals surface area contributed by atoms with Gasteiger partial charge >= 0.3 is 12.2 Å². The van der Waals surface area contributed by atoms with Crippen molar-refractivity contribution < 1.29 is 27.8 Å². The summed E-state index contributed by atoms with van der Waals surface area (Å²) >= 11 is 0. The van der Waals surface area contributed by atoms with Gasteiger partial charge in [0.15, 0.2) is 0 Å². The van der Waals surface area contributed by atoms with Crippen molar-refractivity contribution in [3.63, 3.8) is 0 Å². The predicted octanol–water partition coefficient (Wildman–Crippen LogP) is 9.02. The number of nitrogens with zero attached hydrogens (tertiary/aromatic N) is 4. The molecule has 2 unspecified atom stereocenters. The van der Waals surface area contributed by atoms with Crippen LogP contribution in [0.3, 0.4) is 0 Å². The third kappa shape index (κ3) is 8.47. The minimum Gasteiger partial charge on any atom is -0.444 e. The Labute approximate surface area is 286 Å². The number of carbonyl (C=O) groups excluding carboxylic acids is 2. The van der Waals surface area contributed by atoms with Gasteiger partial charge in [-0.15, -0.1) is 0 Å². The average molecular weight is 677 g/mol. The summed E-state index contributed by atoms with van der Waals surface area (Å²) in [7, 11) is 0. The maximum Gasteiger partial charge on any atom is 0.411 e. The smallest absolute Gasteiger partial charge is 0.411 e. The van der Waals surface area contributed by atoms with Gasteiger partial charge in [0.05, 0.1) is 12.6 Å². The van der Waals surface area contributed by atoms with Crippen molar-refractivity contribution in [3.05, 3.63) is 72.1 Å². The molecule has 2 aromatic heterocycles. The molecule has 10 nitrogen and oxygen atoms in total. The maximum absolute atomic E-state index is 15.2. The molecule has 4 aromatic rings. The number of halogens is 2. The van der Waals surface area contributed by atoms with Crippen LogP contribution in [0.5, 0.6) is 0 Å². The summed E-state index contributed by atoms with van der Waals surface area (Å²) in [5, 5.41) is 0. The van der Waals surface area contributed by atoms with E-state index in [2.05, 4.69) is 19.9 Å². The van der Waals surface area contributed by atoms with Crippen molar-refractivity contribution in [2.45, 2.75) is 104 Å². The summed E-state index contributed by atoms with van der Waals surface area (Å²) in [6, 6.07) is 14.1. The molecule has 0 saturated carbocycles. The molecule has 0 bridgehead atoms. The zero-order chi connectivity index (χ0) is 35.7. The number of rotatable bonds is 8. The second kappa shape index (κ2) is 14.0. The highest BCUT2D eigenvalue weighted by Crippen LogP contribution is 2.37. The van der Waals surface area contributed by atoms with Gasteiger partial charge in [0.25, 0.3) is 0 Å². The largest absolute Gasteiger partial charge is 0.444 e. The number of amides is 2. The molecule has 2 atom stereocenters. The Hall–Kier alpha value is -4.74. The normalized spacial score (nSPS) is 16.6. The molecule has 1 saturated heterocycles. The number of aromatic amines is 2. The molecule has 5 rings (SSSR count). The van der Waals surface area contributed by atoms with Crippen LogP contribution in [0.4, 0.5) is 18.4 Å². The first-order chi connectivity index (χ1) is 23.0. The van der Waals surface area contributed by atoms with E-state index in [9.17, 15) is 14.0 Å². The van der Waals surface area contributed by atoms with Crippen LogP contribution in [0, 0.1) is 11.9 Å². The molecular weight excluding hydrogens is 630 g/mol. The molecule has 0 aliphatic carbocycles. The first kappa shape index (κ1) is 35.6. The van der Waals surface area contributed by atoms with Crippen LogP contribution in [-0.2, 0) is 16.0 Å². The second-order valence-electron chi connectivity index (χ2n) is 14.5. The lowest BCUT2D eigenvalue weighted by atomic mass is 10.0. The van der Waals surface area contributed by atoms with Crippen molar-refractivity contribution in [2.75, 3.05) is 6.54 Å². The quantitative estimate of drug-likeness (QED) is 0.192. The number of likely N-dealkylation sites (tertiary alicyclic amines) is 1. The van der Waals surface area contributed by atoms with Crippen LogP contribution >= 0.6 is 0 Å². The Kier molecular flexibility index (Phi) is 10.2. The molecule has 0 radical (unpaired) electrons. The van der Waals surface area contributed by atoms with Gasteiger partial charge in [-0.1, -0.05) is 55.5 Å². The fraction of sp³-hybridized carbons (Fsp3) is 0.459. The van der Waals surface area contributed by atoms with E-state index < -0.39 is 41.3 Å². The molecule has 3 heterocycles. The Balaban J connectivity index is 1.29. The summed E-state index contributed by atoms with van der Waals surface area (Å²) in [6.45, 7) is 15.3. The fourth-order valence-corrected chi connectivity index (χ4v) is 5.91. The van der Waals surface area contributed by atoms with E-state index in [0.29, 0.717) is 42.2 Å². The Morgan fingerprint density at radius 2 is 1.33 bits per heavy atom.